The molecule has 2 atom stereocenters. The number of carbonyl (C=O) groups is 1. The molecule has 7 nitrogen and oxygen atoms in total. The normalized spacial score (nSPS) is 19.0. The Balaban J connectivity index is 1.47. The van der Waals surface area contributed by atoms with Crippen LogP contribution in [0.3, 0.4) is 0 Å². The van der Waals surface area contributed by atoms with Crippen molar-refractivity contribution in [1.82, 2.24) is 25.1 Å². The molecule has 3 rings (SSSR count). The van der Waals surface area contributed by atoms with Crippen molar-refractivity contribution in [3.05, 3.63) is 36.9 Å². The Morgan fingerprint density at radius 2 is 2.17 bits per heavy atom. The highest BCUT2D eigenvalue weighted by atomic mass is 16.1. The van der Waals surface area contributed by atoms with Gasteiger partial charge in [0.25, 0.3) is 0 Å². The van der Waals surface area contributed by atoms with Crippen molar-refractivity contribution in [3.8, 4) is 0 Å². The molecule has 1 N–H and O–H groups in total. The summed E-state index contributed by atoms with van der Waals surface area (Å²) in [5.74, 6) is 1.18. The van der Waals surface area contributed by atoms with Crippen LogP contribution in [0.2, 0.25) is 0 Å². The second kappa shape index (κ2) is 7.90. The quantitative estimate of drug-likeness (QED) is 0.866. The first kappa shape index (κ1) is 16.4. The van der Waals surface area contributed by atoms with Gasteiger partial charge in [0.1, 0.15) is 0 Å². The van der Waals surface area contributed by atoms with Gasteiger partial charge in [-0.15, -0.1) is 0 Å². The van der Waals surface area contributed by atoms with Gasteiger partial charge in [-0.1, -0.05) is 6.92 Å². The third kappa shape index (κ3) is 4.31. The van der Waals surface area contributed by atoms with Crippen molar-refractivity contribution < 1.29 is 4.79 Å². The summed E-state index contributed by atoms with van der Waals surface area (Å²) < 4.78 is 1.89. The third-order valence-electron chi connectivity index (χ3n) is 4.31. The molecule has 1 saturated heterocycles. The second-order valence-electron chi connectivity index (χ2n) is 6.41. The van der Waals surface area contributed by atoms with Crippen LogP contribution < -0.4 is 10.2 Å². The lowest BCUT2D eigenvalue weighted by Gasteiger charge is -2.32. The smallest absolute Gasteiger partial charge is 0.225 e. The number of anilines is 1. The number of nitrogens with zero attached hydrogens (tertiary/aromatic N) is 5. The van der Waals surface area contributed by atoms with Crippen molar-refractivity contribution in [2.75, 3.05) is 24.5 Å². The van der Waals surface area contributed by atoms with Crippen LogP contribution in [-0.2, 0) is 11.3 Å². The summed E-state index contributed by atoms with van der Waals surface area (Å²) in [6.45, 7) is 5.18. The molecular weight excluding hydrogens is 304 g/mol. The second-order valence-corrected chi connectivity index (χ2v) is 6.41. The topological polar surface area (TPSA) is 75.9 Å². The summed E-state index contributed by atoms with van der Waals surface area (Å²) >= 11 is 0. The lowest BCUT2D eigenvalue weighted by atomic mass is 9.97. The summed E-state index contributed by atoms with van der Waals surface area (Å²) in [4.78, 5) is 23.2. The molecule has 1 aliphatic rings. The molecule has 0 bridgehead atoms. The molecule has 7 heteroatoms. The molecule has 0 saturated carbocycles. The third-order valence-corrected chi connectivity index (χ3v) is 4.31. The molecule has 1 amide bonds. The highest BCUT2D eigenvalue weighted by Gasteiger charge is 2.27. The van der Waals surface area contributed by atoms with Gasteiger partial charge in [-0.05, 0) is 30.9 Å². The first-order chi connectivity index (χ1) is 11.7. The van der Waals surface area contributed by atoms with Crippen LogP contribution in [0.1, 0.15) is 19.8 Å². The van der Waals surface area contributed by atoms with Crippen LogP contribution in [0.5, 0.6) is 0 Å². The monoisotopic (exact) mass is 328 g/mol. The maximum absolute atomic E-state index is 12.5. The fourth-order valence-corrected chi connectivity index (χ4v) is 3.04. The number of carbonyl (C=O) groups excluding carboxylic acids is 1. The molecule has 24 heavy (non-hydrogen) atoms. The largest absolute Gasteiger partial charge is 0.355 e. The molecule has 3 heterocycles. The first-order valence-electron chi connectivity index (χ1n) is 8.49. The van der Waals surface area contributed by atoms with E-state index in [1.165, 1.54) is 0 Å². The standard InChI is InChI=1S/C17H24N6O/c1-14(12-23-10-4-8-21-23)11-20-16(24)15-5-2-9-22(13-15)17-18-6-3-7-19-17/h3-4,6-8,10,14-15H,2,5,9,11-13H2,1H3,(H,20,24)/t14-,15-/m0/s1. The maximum Gasteiger partial charge on any atom is 0.225 e. The lowest BCUT2D eigenvalue weighted by Crippen LogP contribution is -2.44. The number of hydrogen-bond acceptors (Lipinski definition) is 5. The van der Waals surface area contributed by atoms with Crippen LogP contribution in [0.25, 0.3) is 0 Å². The molecule has 2 aromatic heterocycles. The van der Waals surface area contributed by atoms with Crippen LogP contribution in [0.4, 0.5) is 5.95 Å². The average Bonchev–Trinajstić information content (AvgIpc) is 3.13. The molecule has 1 fully saturated rings. The average molecular weight is 328 g/mol. The minimum Gasteiger partial charge on any atom is -0.355 e. The van der Waals surface area contributed by atoms with E-state index in [0.29, 0.717) is 25.0 Å². The highest BCUT2D eigenvalue weighted by Crippen LogP contribution is 2.20. The van der Waals surface area contributed by atoms with E-state index < -0.39 is 0 Å². The zero-order valence-corrected chi connectivity index (χ0v) is 14.0. The van der Waals surface area contributed by atoms with E-state index in [2.05, 4.69) is 32.2 Å². The van der Waals surface area contributed by atoms with Crippen molar-refractivity contribution >= 4 is 11.9 Å². The van der Waals surface area contributed by atoms with Crippen molar-refractivity contribution in [2.24, 2.45) is 11.8 Å². The maximum atomic E-state index is 12.5. The number of aromatic nitrogens is 4. The Morgan fingerprint density at radius 1 is 1.33 bits per heavy atom. The minimum atomic E-state index is -0.000500. The lowest BCUT2D eigenvalue weighted by molar-refractivity contribution is -0.125. The van der Waals surface area contributed by atoms with Crippen molar-refractivity contribution in [1.29, 1.82) is 0 Å². The number of hydrogen-bond donors (Lipinski definition) is 1. The van der Waals surface area contributed by atoms with Crippen molar-refractivity contribution in [3.63, 3.8) is 0 Å². The van der Waals surface area contributed by atoms with Gasteiger partial charge in [-0.3, -0.25) is 9.48 Å². The SMILES string of the molecule is C[C@@H](CNC(=O)[C@H]1CCCN(c2ncccn2)C1)Cn1cccn1. The first-order valence-corrected chi connectivity index (χ1v) is 8.49. The van der Waals surface area contributed by atoms with E-state index >= 15 is 0 Å². The van der Waals surface area contributed by atoms with E-state index in [-0.39, 0.29) is 11.8 Å². The van der Waals surface area contributed by atoms with Gasteiger partial charge in [0.15, 0.2) is 0 Å². The summed E-state index contributed by atoms with van der Waals surface area (Å²) in [5, 5.41) is 7.29. The highest BCUT2D eigenvalue weighted by molar-refractivity contribution is 5.79. The van der Waals surface area contributed by atoms with Crippen molar-refractivity contribution in [2.45, 2.75) is 26.3 Å². The predicted molar refractivity (Wildman–Crippen MR) is 91.4 cm³/mol. The van der Waals surface area contributed by atoms with Gasteiger partial charge in [-0.25, -0.2) is 9.97 Å². The van der Waals surface area contributed by atoms with E-state index in [9.17, 15) is 4.79 Å². The Kier molecular flexibility index (Phi) is 5.40. The number of nitrogens with one attached hydrogen (secondary N) is 1. The van der Waals surface area contributed by atoms with Gasteiger partial charge in [-0.2, -0.15) is 5.10 Å². The summed E-state index contributed by atoms with van der Waals surface area (Å²) in [6.07, 6.45) is 9.10. The molecule has 128 valence electrons. The van der Waals surface area contributed by atoms with Crippen LogP contribution in [0, 0.1) is 11.8 Å². The minimum absolute atomic E-state index is 0.000500. The Morgan fingerprint density at radius 3 is 2.92 bits per heavy atom. The zero-order chi connectivity index (χ0) is 16.8. The molecule has 0 radical (unpaired) electrons. The van der Waals surface area contributed by atoms with Gasteiger partial charge in [0.2, 0.25) is 11.9 Å². The number of rotatable bonds is 6. The zero-order valence-electron chi connectivity index (χ0n) is 14.0. The number of piperidine rings is 1. The van der Waals surface area contributed by atoms with Crippen LogP contribution in [0.15, 0.2) is 36.9 Å². The summed E-state index contributed by atoms with van der Waals surface area (Å²) in [7, 11) is 0. The molecule has 1 aliphatic heterocycles. The van der Waals surface area contributed by atoms with E-state index in [4.69, 9.17) is 0 Å². The van der Waals surface area contributed by atoms with Gasteiger partial charge in [0, 0.05) is 51.0 Å². The van der Waals surface area contributed by atoms with Gasteiger partial charge >= 0.3 is 0 Å². The molecular formula is C17H24N6O. The van der Waals surface area contributed by atoms with E-state index in [1.54, 1.807) is 24.7 Å². The predicted octanol–water partition coefficient (Wildman–Crippen LogP) is 1.34. The van der Waals surface area contributed by atoms with Gasteiger partial charge < -0.3 is 10.2 Å². The Hall–Kier alpha value is -2.44. The molecule has 0 spiro atoms. The molecule has 0 aromatic carbocycles. The molecule has 0 aliphatic carbocycles. The molecule has 2 aromatic rings. The van der Waals surface area contributed by atoms with E-state index in [0.717, 1.165) is 25.9 Å². The fourth-order valence-electron chi connectivity index (χ4n) is 3.04. The Labute approximate surface area is 142 Å². The van der Waals surface area contributed by atoms with Crippen LogP contribution >= 0.6 is 0 Å². The summed E-state index contributed by atoms with van der Waals surface area (Å²) in [6, 6.07) is 3.71. The van der Waals surface area contributed by atoms with E-state index in [1.807, 2.05) is 16.9 Å². The Bertz CT molecular complexity index is 630. The van der Waals surface area contributed by atoms with Gasteiger partial charge in [0.05, 0.1) is 5.92 Å². The fraction of sp³-hybridized carbons (Fsp3) is 0.529. The van der Waals surface area contributed by atoms with Crippen LogP contribution in [-0.4, -0.2) is 45.3 Å². The summed E-state index contributed by atoms with van der Waals surface area (Å²) in [5.41, 5.74) is 0. The molecule has 0 unspecified atom stereocenters. The number of amides is 1.